The maximum Gasteiger partial charge on any atom is 0.261 e. The van der Waals surface area contributed by atoms with Crippen molar-refractivity contribution in [2.75, 3.05) is 26.2 Å². The van der Waals surface area contributed by atoms with E-state index in [0.717, 1.165) is 37.7 Å². The van der Waals surface area contributed by atoms with Crippen LogP contribution in [-0.4, -0.2) is 65.8 Å². The second-order valence-corrected chi connectivity index (χ2v) is 9.05. The molecule has 34 heavy (non-hydrogen) atoms. The summed E-state index contributed by atoms with van der Waals surface area (Å²) in [6.07, 6.45) is 4.36. The molecular formula is C27H33N3O4. The quantitative estimate of drug-likeness (QED) is 0.620. The number of likely N-dealkylation sites (tertiary alicyclic amines) is 1. The van der Waals surface area contributed by atoms with Gasteiger partial charge in [0.05, 0.1) is 5.56 Å². The molecule has 2 aromatic rings. The number of piperidine rings is 1. The number of para-hydroxylation sites is 1. The highest BCUT2D eigenvalue weighted by Crippen LogP contribution is 2.32. The largest absolute Gasteiger partial charge is 0.483 e. The van der Waals surface area contributed by atoms with Gasteiger partial charge in [-0.2, -0.15) is 0 Å². The predicted octanol–water partition coefficient (Wildman–Crippen LogP) is 3.04. The van der Waals surface area contributed by atoms with E-state index in [1.165, 1.54) is 0 Å². The summed E-state index contributed by atoms with van der Waals surface area (Å²) in [7, 11) is 0. The fourth-order valence-corrected chi connectivity index (χ4v) is 4.57. The second-order valence-electron chi connectivity index (χ2n) is 9.05. The molecule has 1 aliphatic carbocycles. The molecule has 180 valence electrons. The maximum absolute atomic E-state index is 13.1. The molecule has 7 nitrogen and oxygen atoms in total. The topological polar surface area (TPSA) is 79.0 Å². The average molecular weight is 464 g/mol. The van der Waals surface area contributed by atoms with Crippen molar-refractivity contribution in [1.29, 1.82) is 0 Å². The fourth-order valence-electron chi connectivity index (χ4n) is 4.57. The van der Waals surface area contributed by atoms with Gasteiger partial charge in [0.15, 0.2) is 6.61 Å². The number of amides is 3. The molecule has 1 N–H and O–H groups in total. The number of benzene rings is 2. The Bertz CT molecular complexity index is 998. The summed E-state index contributed by atoms with van der Waals surface area (Å²) in [6, 6.07) is 17.4. The first kappa shape index (κ1) is 23.8. The lowest BCUT2D eigenvalue weighted by molar-refractivity contribution is -0.138. The van der Waals surface area contributed by atoms with Gasteiger partial charge in [0.1, 0.15) is 5.75 Å². The number of nitrogens with one attached hydrogen (secondary N) is 1. The highest BCUT2D eigenvalue weighted by Gasteiger charge is 2.39. The number of rotatable bonds is 9. The number of hydrogen-bond acceptors (Lipinski definition) is 4. The van der Waals surface area contributed by atoms with E-state index in [1.54, 1.807) is 31.2 Å². The summed E-state index contributed by atoms with van der Waals surface area (Å²) >= 11 is 0. The van der Waals surface area contributed by atoms with Gasteiger partial charge in [-0.25, -0.2) is 0 Å². The first-order valence-electron chi connectivity index (χ1n) is 12.1. The van der Waals surface area contributed by atoms with Crippen LogP contribution >= 0.6 is 0 Å². The molecule has 1 saturated carbocycles. The van der Waals surface area contributed by atoms with Gasteiger partial charge < -0.3 is 19.9 Å². The lowest BCUT2D eigenvalue weighted by atomic mass is 10.0. The molecule has 2 fully saturated rings. The molecule has 4 rings (SSSR count). The highest BCUT2D eigenvalue weighted by molar-refractivity contribution is 5.97. The summed E-state index contributed by atoms with van der Waals surface area (Å²) in [5.41, 5.74) is 1.59. The summed E-state index contributed by atoms with van der Waals surface area (Å²) in [5, 5.41) is 2.94. The number of carbonyl (C=O) groups excluding carboxylic acids is 3. The summed E-state index contributed by atoms with van der Waals surface area (Å²) < 4.78 is 5.88. The van der Waals surface area contributed by atoms with Crippen LogP contribution in [0.2, 0.25) is 0 Å². The first-order chi connectivity index (χ1) is 16.5. The van der Waals surface area contributed by atoms with Crippen LogP contribution < -0.4 is 10.1 Å². The zero-order chi connectivity index (χ0) is 23.9. The van der Waals surface area contributed by atoms with Crippen molar-refractivity contribution < 1.29 is 19.1 Å². The van der Waals surface area contributed by atoms with Gasteiger partial charge in [-0.05, 0) is 49.8 Å². The molecule has 0 bridgehead atoms. The van der Waals surface area contributed by atoms with Gasteiger partial charge in [-0.1, -0.05) is 42.5 Å². The Morgan fingerprint density at radius 3 is 2.26 bits per heavy atom. The number of hydrogen-bond donors (Lipinski definition) is 1. The Morgan fingerprint density at radius 1 is 0.941 bits per heavy atom. The van der Waals surface area contributed by atoms with Crippen LogP contribution in [0.4, 0.5) is 0 Å². The van der Waals surface area contributed by atoms with Crippen molar-refractivity contribution in [1.82, 2.24) is 15.1 Å². The van der Waals surface area contributed by atoms with E-state index in [1.807, 2.05) is 40.1 Å². The highest BCUT2D eigenvalue weighted by atomic mass is 16.5. The molecule has 7 heteroatoms. The van der Waals surface area contributed by atoms with Gasteiger partial charge in [0.2, 0.25) is 5.91 Å². The van der Waals surface area contributed by atoms with Gasteiger partial charge in [-0.3, -0.25) is 14.4 Å². The lowest BCUT2D eigenvalue weighted by Gasteiger charge is -2.38. The minimum atomic E-state index is -0.213. The fraction of sp³-hybridized carbons (Fsp3) is 0.444. The van der Waals surface area contributed by atoms with Crippen molar-refractivity contribution in [2.24, 2.45) is 0 Å². The Balaban J connectivity index is 1.32. The molecule has 3 amide bonds. The summed E-state index contributed by atoms with van der Waals surface area (Å²) in [6.45, 7) is 3.38. The first-order valence-corrected chi connectivity index (χ1v) is 12.1. The third kappa shape index (κ3) is 6.16. The number of nitrogens with zero attached hydrogens (tertiary/aromatic N) is 2. The molecule has 1 aliphatic heterocycles. The van der Waals surface area contributed by atoms with Crippen LogP contribution in [0.1, 0.15) is 48.5 Å². The minimum absolute atomic E-state index is 0.0527. The Labute approximate surface area is 201 Å². The summed E-state index contributed by atoms with van der Waals surface area (Å²) in [5.74, 6) is 0.234. The molecule has 0 unspecified atom stereocenters. The molecule has 2 aliphatic rings. The van der Waals surface area contributed by atoms with E-state index in [0.29, 0.717) is 30.9 Å². The average Bonchev–Trinajstić information content (AvgIpc) is 3.69. The molecule has 1 saturated heterocycles. The smallest absolute Gasteiger partial charge is 0.261 e. The monoisotopic (exact) mass is 463 g/mol. The van der Waals surface area contributed by atoms with Gasteiger partial charge >= 0.3 is 0 Å². The zero-order valence-electron chi connectivity index (χ0n) is 19.7. The van der Waals surface area contributed by atoms with E-state index in [-0.39, 0.29) is 36.4 Å². The second kappa shape index (κ2) is 11.2. The Hall–Kier alpha value is -3.35. The zero-order valence-corrected chi connectivity index (χ0v) is 19.7. The van der Waals surface area contributed by atoms with Crippen LogP contribution in [0.25, 0.3) is 0 Å². The molecule has 1 heterocycles. The number of carbonyl (C=O) groups is 3. The van der Waals surface area contributed by atoms with Crippen molar-refractivity contribution in [3.8, 4) is 5.75 Å². The van der Waals surface area contributed by atoms with Crippen molar-refractivity contribution >= 4 is 17.7 Å². The molecule has 0 aromatic heterocycles. The minimum Gasteiger partial charge on any atom is -0.483 e. The van der Waals surface area contributed by atoms with E-state index in [4.69, 9.17) is 4.74 Å². The van der Waals surface area contributed by atoms with Crippen LogP contribution in [0, 0.1) is 0 Å². The molecule has 0 radical (unpaired) electrons. The molecule has 2 aromatic carbocycles. The van der Waals surface area contributed by atoms with Crippen LogP contribution in [0.5, 0.6) is 5.75 Å². The Morgan fingerprint density at radius 2 is 1.59 bits per heavy atom. The predicted molar refractivity (Wildman–Crippen MR) is 130 cm³/mol. The molecular weight excluding hydrogens is 430 g/mol. The van der Waals surface area contributed by atoms with Crippen LogP contribution in [0.15, 0.2) is 54.6 Å². The van der Waals surface area contributed by atoms with Crippen LogP contribution in [-0.2, 0) is 16.0 Å². The van der Waals surface area contributed by atoms with Crippen molar-refractivity contribution in [2.45, 2.75) is 51.1 Å². The molecule has 0 atom stereocenters. The van der Waals surface area contributed by atoms with E-state index < -0.39 is 0 Å². The lowest BCUT2D eigenvalue weighted by Crippen LogP contribution is -2.50. The maximum atomic E-state index is 13.1. The Kier molecular flexibility index (Phi) is 7.83. The number of ether oxygens (including phenoxy) is 1. The third-order valence-corrected chi connectivity index (χ3v) is 6.56. The SMILES string of the molecule is CC(=O)N1CCC(N(C(=O)COc2ccccc2C(=O)NCCc2ccccc2)C2CC2)CC1. The van der Waals surface area contributed by atoms with Gasteiger partial charge in [0.25, 0.3) is 11.8 Å². The standard InChI is InChI=1S/C27H33N3O4/c1-20(31)29-17-14-23(15-18-29)30(22-11-12-22)26(32)19-34-25-10-6-5-9-24(25)27(33)28-16-13-21-7-3-2-4-8-21/h2-10,22-23H,11-19H2,1H3,(H,28,33). The van der Waals surface area contributed by atoms with Crippen molar-refractivity contribution in [3.05, 3.63) is 65.7 Å². The normalized spacial score (nSPS) is 16.1. The van der Waals surface area contributed by atoms with E-state index in [2.05, 4.69) is 5.32 Å². The third-order valence-electron chi connectivity index (χ3n) is 6.56. The molecule has 0 spiro atoms. The van der Waals surface area contributed by atoms with E-state index in [9.17, 15) is 14.4 Å². The summed E-state index contributed by atoms with van der Waals surface area (Å²) in [4.78, 5) is 41.4. The van der Waals surface area contributed by atoms with Crippen molar-refractivity contribution in [3.63, 3.8) is 0 Å². The van der Waals surface area contributed by atoms with Gasteiger partial charge in [-0.15, -0.1) is 0 Å². The van der Waals surface area contributed by atoms with E-state index >= 15 is 0 Å². The van der Waals surface area contributed by atoms with Gasteiger partial charge in [0, 0.05) is 38.6 Å². The van der Waals surface area contributed by atoms with Crippen LogP contribution in [0.3, 0.4) is 0 Å².